The fourth-order valence-corrected chi connectivity index (χ4v) is 3.52. The maximum absolute atomic E-state index is 11.6. The van der Waals surface area contributed by atoms with Gasteiger partial charge in [0, 0.05) is 23.9 Å². The van der Waals surface area contributed by atoms with Crippen LogP contribution in [0.25, 0.3) is 0 Å². The van der Waals surface area contributed by atoms with Crippen LogP contribution in [-0.4, -0.2) is 13.0 Å². The summed E-state index contributed by atoms with van der Waals surface area (Å²) in [5.41, 5.74) is 2.42. The van der Waals surface area contributed by atoms with Gasteiger partial charge in [0.1, 0.15) is 0 Å². The summed E-state index contributed by atoms with van der Waals surface area (Å²) < 4.78 is 1.34. The van der Waals surface area contributed by atoms with Gasteiger partial charge in [0.2, 0.25) is 0 Å². The molecule has 1 heterocycles. The van der Waals surface area contributed by atoms with E-state index in [-0.39, 0.29) is 11.9 Å². The fraction of sp³-hybridized carbons (Fsp3) is 0.214. The number of carbonyl (C=O) groups is 1. The van der Waals surface area contributed by atoms with Crippen molar-refractivity contribution in [1.82, 2.24) is 5.32 Å². The molecule has 0 aliphatic carbocycles. The summed E-state index contributed by atoms with van der Waals surface area (Å²) in [6, 6.07) is 9.17. The minimum Gasteiger partial charge on any atom is -0.378 e. The largest absolute Gasteiger partial charge is 0.378 e. The second-order valence-electron chi connectivity index (χ2n) is 4.31. The first-order chi connectivity index (χ1) is 9.51. The predicted molar refractivity (Wildman–Crippen MR) is 86.2 cm³/mol. The normalized spacial score (nSPS) is 12.0. The van der Waals surface area contributed by atoms with Gasteiger partial charge in [0.25, 0.3) is 5.91 Å². The van der Waals surface area contributed by atoms with E-state index in [2.05, 4.69) is 10.6 Å². The number of benzene rings is 1. The van der Waals surface area contributed by atoms with Gasteiger partial charge in [0.05, 0.1) is 14.7 Å². The molecule has 106 valence electrons. The Labute approximate surface area is 131 Å². The lowest BCUT2D eigenvalue weighted by Crippen LogP contribution is -2.18. The predicted octanol–water partition coefficient (Wildman–Crippen LogP) is 4.59. The molecule has 0 radical (unpaired) electrons. The summed E-state index contributed by atoms with van der Waals surface area (Å²) in [6.45, 7) is 2.00. The second-order valence-corrected chi connectivity index (χ2v) is 6.59. The number of anilines is 1. The van der Waals surface area contributed by atoms with Gasteiger partial charge in [-0.05, 0) is 31.2 Å². The van der Waals surface area contributed by atoms with E-state index in [9.17, 15) is 4.79 Å². The number of halogens is 2. The van der Waals surface area contributed by atoms with E-state index in [1.54, 1.807) is 19.2 Å². The van der Waals surface area contributed by atoms with Crippen molar-refractivity contribution in [3.05, 3.63) is 50.1 Å². The highest BCUT2D eigenvalue weighted by molar-refractivity contribution is 7.20. The summed E-state index contributed by atoms with van der Waals surface area (Å²) in [7, 11) is 1.61. The van der Waals surface area contributed by atoms with Crippen molar-refractivity contribution < 1.29 is 4.79 Å². The summed E-state index contributed by atoms with van der Waals surface area (Å²) >= 11 is 13.4. The number of hydrogen-bond acceptors (Lipinski definition) is 3. The molecule has 0 spiro atoms. The molecule has 0 aliphatic rings. The van der Waals surface area contributed by atoms with Crippen LogP contribution in [0.1, 0.15) is 28.9 Å². The Morgan fingerprint density at radius 1 is 1.30 bits per heavy atom. The average molecular weight is 329 g/mol. The summed E-state index contributed by atoms with van der Waals surface area (Å²) in [4.78, 5) is 11.6. The van der Waals surface area contributed by atoms with E-state index in [0.29, 0.717) is 14.2 Å². The van der Waals surface area contributed by atoms with Crippen LogP contribution in [0, 0.1) is 0 Å². The highest BCUT2D eigenvalue weighted by Gasteiger charge is 2.13. The first-order valence-corrected chi connectivity index (χ1v) is 7.62. The molecule has 0 aliphatic heterocycles. The Morgan fingerprint density at radius 2 is 2.05 bits per heavy atom. The molecule has 0 fully saturated rings. The van der Waals surface area contributed by atoms with E-state index in [1.165, 1.54) is 11.3 Å². The van der Waals surface area contributed by atoms with Crippen LogP contribution >= 0.6 is 34.5 Å². The smallest absolute Gasteiger partial charge is 0.251 e. The molecule has 1 aromatic heterocycles. The molecular weight excluding hydrogens is 315 g/mol. The molecule has 0 saturated heterocycles. The van der Waals surface area contributed by atoms with Gasteiger partial charge in [-0.1, -0.05) is 29.3 Å². The van der Waals surface area contributed by atoms with Gasteiger partial charge in [0.15, 0.2) is 0 Å². The Hall–Kier alpha value is -1.23. The molecule has 2 aromatic rings. The van der Waals surface area contributed by atoms with Crippen molar-refractivity contribution >= 4 is 46.1 Å². The van der Waals surface area contributed by atoms with Crippen molar-refractivity contribution in [3.63, 3.8) is 0 Å². The van der Waals surface area contributed by atoms with Crippen LogP contribution in [0.15, 0.2) is 30.3 Å². The lowest BCUT2D eigenvalue weighted by atomic mass is 10.1. The molecule has 1 amide bonds. The van der Waals surface area contributed by atoms with Crippen molar-refractivity contribution in [2.24, 2.45) is 0 Å². The van der Waals surface area contributed by atoms with Gasteiger partial charge in [-0.25, -0.2) is 0 Å². The molecule has 1 atom stereocenters. The van der Waals surface area contributed by atoms with Gasteiger partial charge in [-0.3, -0.25) is 4.79 Å². The molecule has 2 N–H and O–H groups in total. The molecule has 1 aromatic carbocycles. The van der Waals surface area contributed by atoms with E-state index in [4.69, 9.17) is 23.2 Å². The topological polar surface area (TPSA) is 41.1 Å². The lowest BCUT2D eigenvalue weighted by molar-refractivity contribution is 0.0963. The molecule has 0 saturated carbocycles. The molecule has 6 heteroatoms. The number of rotatable bonds is 4. The fourth-order valence-electron chi connectivity index (χ4n) is 1.87. The van der Waals surface area contributed by atoms with Crippen molar-refractivity contribution in [1.29, 1.82) is 0 Å². The van der Waals surface area contributed by atoms with E-state index in [1.807, 2.05) is 25.1 Å². The van der Waals surface area contributed by atoms with E-state index in [0.717, 1.165) is 11.3 Å². The Kier molecular flexibility index (Phi) is 4.91. The highest BCUT2D eigenvalue weighted by atomic mass is 35.5. The highest BCUT2D eigenvalue weighted by Crippen LogP contribution is 2.36. The molecule has 20 heavy (non-hydrogen) atoms. The third-order valence-electron chi connectivity index (χ3n) is 2.88. The van der Waals surface area contributed by atoms with Crippen molar-refractivity contribution in [3.8, 4) is 0 Å². The minimum atomic E-state index is -0.113. The zero-order valence-corrected chi connectivity index (χ0v) is 13.4. The van der Waals surface area contributed by atoms with Crippen LogP contribution < -0.4 is 10.6 Å². The van der Waals surface area contributed by atoms with Crippen LogP contribution in [-0.2, 0) is 0 Å². The van der Waals surface area contributed by atoms with E-state index >= 15 is 0 Å². The molecule has 0 bridgehead atoms. The maximum Gasteiger partial charge on any atom is 0.251 e. The molecule has 3 nitrogen and oxygen atoms in total. The van der Waals surface area contributed by atoms with Crippen LogP contribution in [0.4, 0.5) is 5.69 Å². The number of hydrogen-bond donors (Lipinski definition) is 2. The van der Waals surface area contributed by atoms with Crippen molar-refractivity contribution in [2.75, 3.05) is 12.4 Å². The van der Waals surface area contributed by atoms with Crippen LogP contribution in [0.3, 0.4) is 0 Å². The first kappa shape index (κ1) is 15.2. The van der Waals surface area contributed by atoms with Gasteiger partial charge >= 0.3 is 0 Å². The maximum atomic E-state index is 11.6. The third kappa shape index (κ3) is 3.45. The van der Waals surface area contributed by atoms with Gasteiger partial charge < -0.3 is 10.6 Å². The number of thiophene rings is 1. The molecular formula is C14H14Cl2N2OS. The zero-order chi connectivity index (χ0) is 14.7. The third-order valence-corrected chi connectivity index (χ3v) is 4.40. The first-order valence-electron chi connectivity index (χ1n) is 6.04. The number of carbonyl (C=O) groups excluding carboxylic acids is 1. The molecule has 2 rings (SSSR count). The van der Waals surface area contributed by atoms with Gasteiger partial charge in [-0.15, -0.1) is 11.3 Å². The molecule has 1 unspecified atom stereocenters. The van der Waals surface area contributed by atoms with Crippen LogP contribution in [0.5, 0.6) is 0 Å². The minimum absolute atomic E-state index is 0.00573. The van der Waals surface area contributed by atoms with Crippen LogP contribution in [0.2, 0.25) is 8.67 Å². The second kappa shape index (κ2) is 6.48. The number of amides is 1. The van der Waals surface area contributed by atoms with E-state index < -0.39 is 0 Å². The Bertz CT molecular complexity index is 627. The summed E-state index contributed by atoms with van der Waals surface area (Å²) in [5.74, 6) is -0.113. The lowest BCUT2D eigenvalue weighted by Gasteiger charge is -2.15. The number of nitrogens with one attached hydrogen (secondary N) is 2. The summed E-state index contributed by atoms with van der Waals surface area (Å²) in [5, 5.41) is 5.92. The Morgan fingerprint density at radius 3 is 2.65 bits per heavy atom. The Balaban J connectivity index is 2.17. The van der Waals surface area contributed by atoms with Crippen molar-refractivity contribution in [2.45, 2.75) is 13.0 Å². The quantitative estimate of drug-likeness (QED) is 0.861. The zero-order valence-electron chi connectivity index (χ0n) is 11.0. The standard InChI is InChI=1S/C14H14Cl2N2OS/c1-8(11-7-12(15)20-13(11)16)18-10-5-3-4-9(6-10)14(19)17-2/h3-8,18H,1-2H3,(H,17,19). The summed E-state index contributed by atoms with van der Waals surface area (Å²) in [6.07, 6.45) is 0. The average Bonchev–Trinajstić information content (AvgIpc) is 2.77. The SMILES string of the molecule is CNC(=O)c1cccc(NC(C)c2cc(Cl)sc2Cl)c1. The van der Waals surface area contributed by atoms with Gasteiger partial charge in [-0.2, -0.15) is 0 Å². The monoisotopic (exact) mass is 328 g/mol.